The molecular weight excluding hydrogens is 402 g/mol. The van der Waals surface area contributed by atoms with Crippen LogP contribution in [0.1, 0.15) is 5.69 Å². The number of benzene rings is 2. The van der Waals surface area contributed by atoms with Crippen LogP contribution in [0.5, 0.6) is 0 Å². The van der Waals surface area contributed by atoms with E-state index in [0.29, 0.717) is 11.4 Å². The van der Waals surface area contributed by atoms with Crippen molar-refractivity contribution >= 4 is 54.0 Å². The quantitative estimate of drug-likeness (QED) is 0.702. The fourth-order valence-electron chi connectivity index (χ4n) is 2.46. The average Bonchev–Trinajstić information content (AvgIpc) is 2.76. The van der Waals surface area contributed by atoms with Gasteiger partial charge in [0.1, 0.15) is 10.0 Å². The molecule has 2 aromatic carbocycles. The number of hydrogen-bond donors (Lipinski definition) is 1. The zero-order valence-electron chi connectivity index (χ0n) is 12.3. The van der Waals surface area contributed by atoms with Crippen molar-refractivity contribution in [3.63, 3.8) is 0 Å². The highest BCUT2D eigenvalue weighted by atomic mass is 79.9. The van der Waals surface area contributed by atoms with Crippen LogP contribution in [0.25, 0.3) is 10.8 Å². The molecule has 3 aromatic rings. The molecule has 0 bridgehead atoms. The number of aromatic nitrogens is 2. The lowest BCUT2D eigenvalue weighted by Crippen LogP contribution is -2.14. The van der Waals surface area contributed by atoms with Crippen LogP contribution in [0.3, 0.4) is 0 Å². The number of halogens is 2. The average molecular weight is 415 g/mol. The minimum Gasteiger partial charge on any atom is -0.279 e. The van der Waals surface area contributed by atoms with Crippen LogP contribution >= 0.6 is 27.5 Å². The highest BCUT2D eigenvalue weighted by Crippen LogP contribution is 2.32. The summed E-state index contributed by atoms with van der Waals surface area (Å²) >= 11 is 9.55. The molecule has 1 aromatic heterocycles. The summed E-state index contributed by atoms with van der Waals surface area (Å²) in [6, 6.07) is 11.0. The third-order valence-electron chi connectivity index (χ3n) is 3.48. The predicted octanol–water partition coefficient (Wildman–Crippen LogP) is 4.10. The van der Waals surface area contributed by atoms with Gasteiger partial charge in [0, 0.05) is 16.9 Å². The van der Waals surface area contributed by atoms with E-state index in [-0.39, 0.29) is 10.0 Å². The van der Waals surface area contributed by atoms with Crippen LogP contribution in [0.2, 0.25) is 5.15 Å². The Morgan fingerprint density at radius 3 is 2.43 bits per heavy atom. The van der Waals surface area contributed by atoms with Crippen molar-refractivity contribution < 1.29 is 8.42 Å². The molecule has 1 heterocycles. The summed E-state index contributed by atoms with van der Waals surface area (Å²) in [5.74, 6) is 0. The van der Waals surface area contributed by atoms with Gasteiger partial charge in [0.25, 0.3) is 10.0 Å². The zero-order valence-corrected chi connectivity index (χ0v) is 15.5. The molecule has 5 nitrogen and oxygen atoms in total. The van der Waals surface area contributed by atoms with Gasteiger partial charge in [0.15, 0.2) is 0 Å². The standard InChI is InChI=1S/C15H13BrClN3O2S/c1-9-14(15(17)20(2)18-9)23(21,22)19-13-8-7-12(16)10-5-3-4-6-11(10)13/h3-8,19H,1-2H3. The molecule has 0 aliphatic rings. The van der Waals surface area contributed by atoms with Gasteiger partial charge in [-0.1, -0.05) is 51.8 Å². The Balaban J connectivity index is 2.14. The van der Waals surface area contributed by atoms with Crippen LogP contribution in [-0.4, -0.2) is 18.2 Å². The molecule has 0 atom stereocenters. The Labute approximate surface area is 147 Å². The molecule has 1 N–H and O–H groups in total. The summed E-state index contributed by atoms with van der Waals surface area (Å²) in [5.41, 5.74) is 0.842. The molecule has 0 unspecified atom stereocenters. The van der Waals surface area contributed by atoms with Gasteiger partial charge in [-0.05, 0) is 24.4 Å². The lowest BCUT2D eigenvalue weighted by atomic mass is 10.1. The number of nitrogens with one attached hydrogen (secondary N) is 1. The van der Waals surface area contributed by atoms with Crippen molar-refractivity contribution in [2.45, 2.75) is 11.8 Å². The van der Waals surface area contributed by atoms with E-state index >= 15 is 0 Å². The molecule has 0 saturated heterocycles. The lowest BCUT2D eigenvalue weighted by Gasteiger charge is -2.11. The molecule has 3 rings (SSSR count). The zero-order chi connectivity index (χ0) is 16.8. The molecule has 8 heteroatoms. The first kappa shape index (κ1) is 16.3. The predicted molar refractivity (Wildman–Crippen MR) is 95.4 cm³/mol. The smallest absolute Gasteiger partial charge is 0.266 e. The first-order chi connectivity index (χ1) is 10.8. The summed E-state index contributed by atoms with van der Waals surface area (Å²) < 4.78 is 30.3. The second kappa shape index (κ2) is 5.81. The van der Waals surface area contributed by atoms with E-state index in [9.17, 15) is 8.42 Å². The minimum atomic E-state index is -3.84. The molecule has 23 heavy (non-hydrogen) atoms. The maximum Gasteiger partial charge on any atom is 0.266 e. The highest BCUT2D eigenvalue weighted by molar-refractivity contribution is 9.10. The van der Waals surface area contributed by atoms with E-state index < -0.39 is 10.0 Å². The minimum absolute atomic E-state index is 0.00586. The Kier molecular flexibility index (Phi) is 4.12. The highest BCUT2D eigenvalue weighted by Gasteiger charge is 2.25. The molecule has 0 aliphatic heterocycles. The van der Waals surface area contributed by atoms with Crippen LogP contribution < -0.4 is 4.72 Å². The van der Waals surface area contributed by atoms with Gasteiger partial charge in [-0.25, -0.2) is 8.42 Å². The maximum absolute atomic E-state index is 12.7. The molecule has 0 aliphatic carbocycles. The fourth-order valence-corrected chi connectivity index (χ4v) is 4.77. The van der Waals surface area contributed by atoms with E-state index in [4.69, 9.17) is 11.6 Å². The van der Waals surface area contributed by atoms with Crippen molar-refractivity contribution in [2.24, 2.45) is 7.05 Å². The Morgan fingerprint density at radius 2 is 1.83 bits per heavy atom. The number of rotatable bonds is 3. The Bertz CT molecular complexity index is 1010. The van der Waals surface area contributed by atoms with Crippen molar-refractivity contribution in [3.05, 3.63) is 51.7 Å². The topological polar surface area (TPSA) is 64.0 Å². The van der Waals surface area contributed by atoms with Crippen LogP contribution in [-0.2, 0) is 17.1 Å². The normalized spacial score (nSPS) is 11.8. The van der Waals surface area contributed by atoms with E-state index in [1.807, 2.05) is 24.3 Å². The van der Waals surface area contributed by atoms with Crippen LogP contribution in [0, 0.1) is 6.92 Å². The summed E-state index contributed by atoms with van der Waals surface area (Å²) in [5, 5.41) is 5.85. The molecule has 0 fully saturated rings. The van der Waals surface area contributed by atoms with E-state index in [1.165, 1.54) is 4.68 Å². The van der Waals surface area contributed by atoms with E-state index in [0.717, 1.165) is 15.2 Å². The van der Waals surface area contributed by atoms with Crippen LogP contribution in [0.15, 0.2) is 45.8 Å². The Morgan fingerprint density at radius 1 is 1.17 bits per heavy atom. The molecular formula is C15H13BrClN3O2S. The van der Waals surface area contributed by atoms with Gasteiger partial charge in [0.05, 0.1) is 11.4 Å². The van der Waals surface area contributed by atoms with Crippen molar-refractivity contribution in [1.82, 2.24) is 9.78 Å². The van der Waals surface area contributed by atoms with Crippen molar-refractivity contribution in [3.8, 4) is 0 Å². The van der Waals surface area contributed by atoms with Gasteiger partial charge < -0.3 is 0 Å². The van der Waals surface area contributed by atoms with Gasteiger partial charge in [-0.2, -0.15) is 5.10 Å². The van der Waals surface area contributed by atoms with Gasteiger partial charge in [-0.15, -0.1) is 0 Å². The number of sulfonamides is 1. The third kappa shape index (κ3) is 2.84. The number of nitrogens with zero attached hydrogens (tertiary/aromatic N) is 2. The summed E-state index contributed by atoms with van der Waals surface area (Å²) in [6.45, 7) is 1.61. The van der Waals surface area contributed by atoms with Crippen LogP contribution in [0.4, 0.5) is 5.69 Å². The number of fused-ring (bicyclic) bond motifs is 1. The van der Waals surface area contributed by atoms with E-state index in [1.54, 1.807) is 26.1 Å². The SMILES string of the molecule is Cc1nn(C)c(Cl)c1S(=O)(=O)Nc1ccc(Br)c2ccccc12. The van der Waals surface area contributed by atoms with Gasteiger partial charge in [-0.3, -0.25) is 9.40 Å². The van der Waals surface area contributed by atoms with Gasteiger partial charge >= 0.3 is 0 Å². The van der Waals surface area contributed by atoms with Crippen molar-refractivity contribution in [1.29, 1.82) is 0 Å². The van der Waals surface area contributed by atoms with E-state index in [2.05, 4.69) is 25.8 Å². The lowest BCUT2D eigenvalue weighted by molar-refractivity contribution is 0.600. The molecule has 120 valence electrons. The molecule has 0 radical (unpaired) electrons. The maximum atomic E-state index is 12.7. The molecule has 0 saturated carbocycles. The third-order valence-corrected chi connectivity index (χ3v) is 6.24. The van der Waals surface area contributed by atoms with Gasteiger partial charge in [0.2, 0.25) is 0 Å². The Hall–Kier alpha value is -1.57. The monoisotopic (exact) mass is 413 g/mol. The summed E-state index contributed by atoms with van der Waals surface area (Å²) in [7, 11) is -2.24. The molecule has 0 spiro atoms. The first-order valence-electron chi connectivity index (χ1n) is 6.70. The number of anilines is 1. The number of hydrogen-bond acceptors (Lipinski definition) is 3. The summed E-state index contributed by atoms with van der Waals surface area (Å²) in [4.78, 5) is -0.00586. The second-order valence-corrected chi connectivity index (χ2v) is 7.91. The summed E-state index contributed by atoms with van der Waals surface area (Å²) in [6.07, 6.45) is 0. The fraction of sp³-hybridized carbons (Fsp3) is 0.133. The van der Waals surface area contributed by atoms with Crippen molar-refractivity contribution in [2.75, 3.05) is 4.72 Å². The second-order valence-electron chi connectivity index (χ2n) is 5.07. The first-order valence-corrected chi connectivity index (χ1v) is 9.36. The molecule has 0 amide bonds. The largest absolute Gasteiger partial charge is 0.279 e. The number of aryl methyl sites for hydroxylation is 2.